The molecule has 0 spiro atoms. The van der Waals surface area contributed by atoms with Crippen LogP contribution >= 0.6 is 0 Å². The van der Waals surface area contributed by atoms with Crippen molar-refractivity contribution in [2.24, 2.45) is 0 Å². The number of alkyl halides is 2. The summed E-state index contributed by atoms with van der Waals surface area (Å²) in [6.45, 7) is 3.12. The molecule has 0 saturated carbocycles. The minimum Gasteiger partial charge on any atom is -0.468 e. The number of carbonyl (C=O) groups is 1. The second kappa shape index (κ2) is 8.51. The van der Waals surface area contributed by atoms with Crippen LogP contribution in [0.15, 0.2) is 65.4 Å². The number of carbonyl (C=O) groups excluding carboxylic acids is 1. The van der Waals surface area contributed by atoms with Gasteiger partial charge in [0, 0.05) is 31.7 Å². The Morgan fingerprint density at radius 1 is 1.06 bits per heavy atom. The molecule has 1 aromatic carbocycles. The molecule has 1 saturated heterocycles. The van der Waals surface area contributed by atoms with Crippen molar-refractivity contribution in [3.63, 3.8) is 0 Å². The van der Waals surface area contributed by atoms with E-state index in [4.69, 9.17) is 4.42 Å². The molecule has 1 amide bonds. The molecule has 1 fully saturated rings. The quantitative estimate of drug-likeness (QED) is 0.474. The molecular weight excluding hydrogens is 416 g/mol. The lowest BCUT2D eigenvalue weighted by Crippen LogP contribution is -2.48. The number of rotatable bonds is 5. The SMILES string of the molecule is O=C(c1cnn2c(C(F)F)cc(-c3ccccc3)nc12)N1CCN(Cc2ccco2)CC1. The molecule has 0 aliphatic carbocycles. The maximum absolute atomic E-state index is 13.8. The van der Waals surface area contributed by atoms with Crippen LogP contribution < -0.4 is 0 Å². The van der Waals surface area contributed by atoms with Crippen molar-refractivity contribution < 1.29 is 18.0 Å². The molecule has 1 aliphatic rings. The molecule has 5 rings (SSSR count). The van der Waals surface area contributed by atoms with E-state index in [1.165, 1.54) is 12.3 Å². The largest absolute Gasteiger partial charge is 0.468 e. The minimum absolute atomic E-state index is 0.143. The maximum atomic E-state index is 13.8. The third-order valence-electron chi connectivity index (χ3n) is 5.64. The molecule has 4 heterocycles. The molecule has 9 heteroatoms. The number of nitrogens with zero attached hydrogens (tertiary/aromatic N) is 5. The summed E-state index contributed by atoms with van der Waals surface area (Å²) >= 11 is 0. The highest BCUT2D eigenvalue weighted by atomic mass is 19.3. The Balaban J connectivity index is 1.41. The van der Waals surface area contributed by atoms with E-state index in [0.717, 1.165) is 10.3 Å². The number of hydrogen-bond acceptors (Lipinski definition) is 5. The van der Waals surface area contributed by atoms with Crippen LogP contribution in [0.3, 0.4) is 0 Å². The number of fused-ring (bicyclic) bond motifs is 1. The molecule has 32 heavy (non-hydrogen) atoms. The van der Waals surface area contributed by atoms with E-state index in [2.05, 4.69) is 15.0 Å². The molecule has 0 radical (unpaired) electrons. The monoisotopic (exact) mass is 437 g/mol. The number of piperazine rings is 1. The predicted octanol–water partition coefficient (Wildman–Crippen LogP) is 3.88. The second-order valence-corrected chi connectivity index (χ2v) is 7.67. The zero-order valence-corrected chi connectivity index (χ0v) is 17.2. The highest BCUT2D eigenvalue weighted by Crippen LogP contribution is 2.27. The van der Waals surface area contributed by atoms with E-state index >= 15 is 0 Å². The molecule has 0 bridgehead atoms. The van der Waals surface area contributed by atoms with Crippen molar-refractivity contribution in [1.82, 2.24) is 24.4 Å². The summed E-state index contributed by atoms with van der Waals surface area (Å²) in [7, 11) is 0. The Bertz CT molecular complexity index is 1220. The summed E-state index contributed by atoms with van der Waals surface area (Å²) in [5.74, 6) is 0.625. The average Bonchev–Trinajstić information content (AvgIpc) is 3.49. The molecule has 0 N–H and O–H groups in total. The Morgan fingerprint density at radius 2 is 1.84 bits per heavy atom. The Morgan fingerprint density at radius 3 is 2.53 bits per heavy atom. The van der Waals surface area contributed by atoms with Crippen molar-refractivity contribution in [3.8, 4) is 11.3 Å². The van der Waals surface area contributed by atoms with Gasteiger partial charge in [-0.25, -0.2) is 18.3 Å². The van der Waals surface area contributed by atoms with E-state index in [-0.39, 0.29) is 22.8 Å². The first-order valence-electron chi connectivity index (χ1n) is 10.4. The topological polar surface area (TPSA) is 66.9 Å². The van der Waals surface area contributed by atoms with Crippen molar-refractivity contribution in [1.29, 1.82) is 0 Å². The average molecular weight is 437 g/mol. The van der Waals surface area contributed by atoms with E-state index in [1.54, 1.807) is 23.3 Å². The van der Waals surface area contributed by atoms with Crippen LogP contribution in [0.25, 0.3) is 16.9 Å². The van der Waals surface area contributed by atoms with Gasteiger partial charge >= 0.3 is 0 Å². The third kappa shape index (κ3) is 3.87. The predicted molar refractivity (Wildman–Crippen MR) is 113 cm³/mol. The van der Waals surface area contributed by atoms with Crippen LogP contribution in [0.2, 0.25) is 0 Å². The van der Waals surface area contributed by atoms with Gasteiger partial charge in [-0.1, -0.05) is 30.3 Å². The van der Waals surface area contributed by atoms with Crippen molar-refractivity contribution in [2.75, 3.05) is 26.2 Å². The fourth-order valence-electron chi connectivity index (χ4n) is 3.95. The standard InChI is InChI=1S/C23H21F2N5O2/c24-21(25)20-13-19(16-5-2-1-3-6-16)27-22-18(14-26-30(20)22)23(31)29-10-8-28(9-11-29)15-17-7-4-12-32-17/h1-7,12-14,21H,8-11,15H2. The van der Waals surface area contributed by atoms with Crippen LogP contribution in [0.5, 0.6) is 0 Å². The van der Waals surface area contributed by atoms with E-state index in [0.29, 0.717) is 44.0 Å². The molecule has 3 aromatic heterocycles. The third-order valence-corrected chi connectivity index (χ3v) is 5.64. The number of benzene rings is 1. The first-order valence-corrected chi connectivity index (χ1v) is 10.4. The summed E-state index contributed by atoms with van der Waals surface area (Å²) in [4.78, 5) is 21.7. The van der Waals surface area contributed by atoms with Crippen LogP contribution in [-0.4, -0.2) is 56.5 Å². The molecular formula is C23H21F2N5O2. The molecule has 164 valence electrons. The Labute approximate surface area is 182 Å². The van der Waals surface area contributed by atoms with Crippen LogP contribution in [0.4, 0.5) is 8.78 Å². The van der Waals surface area contributed by atoms with Gasteiger partial charge in [0.05, 0.1) is 24.7 Å². The minimum atomic E-state index is -2.75. The van der Waals surface area contributed by atoms with Crippen molar-refractivity contribution in [2.45, 2.75) is 13.0 Å². The molecule has 7 nitrogen and oxygen atoms in total. The Kier molecular flexibility index (Phi) is 5.40. The lowest BCUT2D eigenvalue weighted by molar-refractivity contribution is 0.0622. The number of hydrogen-bond donors (Lipinski definition) is 0. The molecule has 0 unspecified atom stereocenters. The highest BCUT2D eigenvalue weighted by molar-refractivity contribution is 6.00. The second-order valence-electron chi connectivity index (χ2n) is 7.67. The van der Waals surface area contributed by atoms with Gasteiger partial charge in [0.15, 0.2) is 5.65 Å². The van der Waals surface area contributed by atoms with Crippen molar-refractivity contribution in [3.05, 3.63) is 78.0 Å². The normalized spacial score (nSPS) is 15.0. The fourth-order valence-corrected chi connectivity index (χ4v) is 3.95. The Hall–Kier alpha value is -3.59. The smallest absolute Gasteiger partial charge is 0.280 e. The summed E-state index contributed by atoms with van der Waals surface area (Å²) in [5, 5.41) is 4.06. The summed E-state index contributed by atoms with van der Waals surface area (Å²) in [6, 6.07) is 14.2. The highest BCUT2D eigenvalue weighted by Gasteiger charge is 2.27. The van der Waals surface area contributed by atoms with Gasteiger partial charge in [0.25, 0.3) is 12.3 Å². The van der Waals surface area contributed by atoms with Gasteiger partial charge in [-0.15, -0.1) is 0 Å². The molecule has 0 atom stereocenters. The first-order chi connectivity index (χ1) is 15.6. The lowest BCUT2D eigenvalue weighted by atomic mass is 10.1. The fraction of sp³-hybridized carbons (Fsp3) is 0.261. The van der Waals surface area contributed by atoms with E-state index < -0.39 is 6.43 Å². The molecule has 1 aliphatic heterocycles. The van der Waals surface area contributed by atoms with E-state index in [9.17, 15) is 13.6 Å². The first kappa shape index (κ1) is 20.3. The van der Waals surface area contributed by atoms with Crippen LogP contribution in [-0.2, 0) is 6.54 Å². The number of halogens is 2. The summed E-state index contributed by atoms with van der Waals surface area (Å²) < 4.78 is 34.0. The van der Waals surface area contributed by atoms with Gasteiger partial charge in [-0.2, -0.15) is 5.10 Å². The number of amides is 1. The van der Waals surface area contributed by atoms with Gasteiger partial charge in [0.1, 0.15) is 17.0 Å². The van der Waals surface area contributed by atoms with Gasteiger partial charge in [-0.3, -0.25) is 9.69 Å². The van der Waals surface area contributed by atoms with E-state index in [1.807, 2.05) is 30.3 Å². The van der Waals surface area contributed by atoms with Gasteiger partial charge in [-0.05, 0) is 18.2 Å². The summed E-state index contributed by atoms with van der Waals surface area (Å²) in [6.07, 6.45) is 0.224. The van der Waals surface area contributed by atoms with Crippen LogP contribution in [0.1, 0.15) is 28.2 Å². The maximum Gasteiger partial charge on any atom is 0.280 e. The lowest BCUT2D eigenvalue weighted by Gasteiger charge is -2.34. The van der Waals surface area contributed by atoms with Crippen LogP contribution in [0, 0.1) is 0 Å². The van der Waals surface area contributed by atoms with Gasteiger partial charge in [0.2, 0.25) is 0 Å². The summed E-state index contributed by atoms with van der Waals surface area (Å²) in [5.41, 5.74) is 1.15. The zero-order valence-electron chi connectivity index (χ0n) is 17.2. The number of aromatic nitrogens is 3. The molecule has 4 aromatic rings. The number of furan rings is 1. The van der Waals surface area contributed by atoms with Gasteiger partial charge < -0.3 is 9.32 Å². The zero-order chi connectivity index (χ0) is 22.1. The van der Waals surface area contributed by atoms with Crippen molar-refractivity contribution >= 4 is 11.6 Å².